The predicted octanol–water partition coefficient (Wildman–Crippen LogP) is 0.786. The highest BCUT2D eigenvalue weighted by molar-refractivity contribution is 5.86. The monoisotopic (exact) mass is 244 g/mol. The van der Waals surface area contributed by atoms with Crippen LogP contribution >= 0.6 is 0 Å². The Balaban J connectivity index is 4.32. The first kappa shape index (κ1) is 15.9. The molecule has 0 saturated heterocycles. The Labute approximate surface area is 103 Å². The van der Waals surface area contributed by atoms with E-state index in [1.807, 2.05) is 13.8 Å². The van der Waals surface area contributed by atoms with Crippen LogP contribution in [0.4, 0.5) is 0 Å². The fourth-order valence-electron chi connectivity index (χ4n) is 1.39. The van der Waals surface area contributed by atoms with Crippen molar-refractivity contribution in [2.75, 3.05) is 26.7 Å². The molecule has 1 N–H and O–H groups in total. The van der Waals surface area contributed by atoms with Crippen LogP contribution in [0.1, 0.15) is 33.6 Å². The Morgan fingerprint density at radius 2 is 1.94 bits per heavy atom. The lowest BCUT2D eigenvalue weighted by atomic mass is 10.3. The Morgan fingerprint density at radius 1 is 1.29 bits per heavy atom. The van der Waals surface area contributed by atoms with Crippen molar-refractivity contribution in [1.82, 2.24) is 10.2 Å². The molecule has 0 heterocycles. The third-order valence-electron chi connectivity index (χ3n) is 2.41. The summed E-state index contributed by atoms with van der Waals surface area (Å²) in [7, 11) is 1.49. The van der Waals surface area contributed by atoms with Crippen molar-refractivity contribution in [3.05, 3.63) is 0 Å². The van der Waals surface area contributed by atoms with Crippen molar-refractivity contribution < 1.29 is 14.3 Å². The zero-order chi connectivity index (χ0) is 13.3. The molecule has 0 aliphatic carbocycles. The minimum Gasteiger partial charge on any atom is -0.372 e. The smallest absolute Gasteiger partial charge is 0.251 e. The van der Waals surface area contributed by atoms with Crippen molar-refractivity contribution in [3.63, 3.8) is 0 Å². The predicted molar refractivity (Wildman–Crippen MR) is 66.6 cm³/mol. The molecule has 0 aromatic heterocycles. The molecule has 0 aromatic rings. The summed E-state index contributed by atoms with van der Waals surface area (Å²) in [6.45, 7) is 6.98. The van der Waals surface area contributed by atoms with Gasteiger partial charge in [0, 0.05) is 20.2 Å². The summed E-state index contributed by atoms with van der Waals surface area (Å²) in [6.07, 6.45) is 1.21. The molecule has 5 nitrogen and oxygen atoms in total. The van der Waals surface area contributed by atoms with Crippen LogP contribution in [0.15, 0.2) is 0 Å². The molecule has 0 aliphatic rings. The number of rotatable bonds is 8. The van der Waals surface area contributed by atoms with Gasteiger partial charge in [-0.15, -0.1) is 0 Å². The second kappa shape index (κ2) is 8.98. The number of amides is 2. The topological polar surface area (TPSA) is 58.6 Å². The zero-order valence-corrected chi connectivity index (χ0v) is 11.3. The number of hydrogen-bond donors (Lipinski definition) is 1. The molecule has 0 bridgehead atoms. The number of nitrogens with zero attached hydrogens (tertiary/aromatic N) is 1. The first-order valence-electron chi connectivity index (χ1n) is 6.15. The van der Waals surface area contributed by atoms with E-state index in [0.717, 1.165) is 12.8 Å². The van der Waals surface area contributed by atoms with E-state index >= 15 is 0 Å². The van der Waals surface area contributed by atoms with Crippen molar-refractivity contribution in [2.24, 2.45) is 0 Å². The van der Waals surface area contributed by atoms with Gasteiger partial charge in [-0.05, 0) is 19.8 Å². The molecule has 0 aromatic carbocycles. The van der Waals surface area contributed by atoms with E-state index in [2.05, 4.69) is 5.32 Å². The van der Waals surface area contributed by atoms with Gasteiger partial charge in [0.05, 0.1) is 6.54 Å². The number of carbonyl (C=O) groups excluding carboxylic acids is 2. The summed E-state index contributed by atoms with van der Waals surface area (Å²) in [5.74, 6) is -0.252. The minimum absolute atomic E-state index is 0.111. The molecule has 0 radical (unpaired) electrons. The van der Waals surface area contributed by atoms with Crippen molar-refractivity contribution in [2.45, 2.75) is 39.7 Å². The molecular weight excluding hydrogens is 220 g/mol. The lowest BCUT2D eigenvalue weighted by Gasteiger charge is -2.24. The third kappa shape index (κ3) is 6.26. The summed E-state index contributed by atoms with van der Waals surface area (Å²) in [4.78, 5) is 25.0. The zero-order valence-electron chi connectivity index (χ0n) is 11.3. The fraction of sp³-hybridized carbons (Fsp3) is 0.833. The minimum atomic E-state index is -0.500. The van der Waals surface area contributed by atoms with Crippen LogP contribution in [0.5, 0.6) is 0 Å². The molecule has 0 spiro atoms. The average Bonchev–Trinajstić information content (AvgIpc) is 2.33. The van der Waals surface area contributed by atoms with Crippen LogP contribution in [-0.4, -0.2) is 49.6 Å². The summed E-state index contributed by atoms with van der Waals surface area (Å²) in [6, 6.07) is 0. The molecule has 1 atom stereocenters. The van der Waals surface area contributed by atoms with Gasteiger partial charge in [-0.3, -0.25) is 9.59 Å². The van der Waals surface area contributed by atoms with Gasteiger partial charge in [-0.1, -0.05) is 13.8 Å². The highest BCUT2D eigenvalue weighted by Crippen LogP contribution is 2.00. The quantitative estimate of drug-likeness (QED) is 0.686. The highest BCUT2D eigenvalue weighted by Gasteiger charge is 2.21. The number of carbonyl (C=O) groups is 2. The largest absolute Gasteiger partial charge is 0.372 e. The second-order valence-corrected chi connectivity index (χ2v) is 3.99. The standard InChI is InChI=1S/C12H24N2O3/c1-5-7-13-11(15)9-14(8-6-2)12(16)10(3)17-4/h10H,5-9H2,1-4H3,(H,13,15). The lowest BCUT2D eigenvalue weighted by molar-refractivity contribution is -0.144. The molecular formula is C12H24N2O3. The van der Waals surface area contributed by atoms with Gasteiger partial charge >= 0.3 is 0 Å². The molecule has 17 heavy (non-hydrogen) atoms. The number of ether oxygens (including phenoxy) is 1. The van der Waals surface area contributed by atoms with Gasteiger partial charge in [0.2, 0.25) is 5.91 Å². The summed E-state index contributed by atoms with van der Waals surface area (Å²) < 4.78 is 4.98. The maximum absolute atomic E-state index is 11.9. The molecule has 100 valence electrons. The molecule has 0 aliphatic heterocycles. The van der Waals surface area contributed by atoms with E-state index in [1.165, 1.54) is 7.11 Å². The van der Waals surface area contributed by atoms with E-state index in [-0.39, 0.29) is 18.4 Å². The van der Waals surface area contributed by atoms with Gasteiger partial charge in [-0.25, -0.2) is 0 Å². The van der Waals surface area contributed by atoms with Crippen LogP contribution in [-0.2, 0) is 14.3 Å². The van der Waals surface area contributed by atoms with E-state index in [0.29, 0.717) is 13.1 Å². The van der Waals surface area contributed by atoms with E-state index in [9.17, 15) is 9.59 Å². The molecule has 0 saturated carbocycles. The normalized spacial score (nSPS) is 12.0. The number of nitrogens with one attached hydrogen (secondary N) is 1. The molecule has 0 fully saturated rings. The van der Waals surface area contributed by atoms with E-state index in [1.54, 1.807) is 11.8 Å². The van der Waals surface area contributed by atoms with Crippen LogP contribution in [0.3, 0.4) is 0 Å². The highest BCUT2D eigenvalue weighted by atomic mass is 16.5. The van der Waals surface area contributed by atoms with Gasteiger partial charge in [0.1, 0.15) is 6.10 Å². The van der Waals surface area contributed by atoms with E-state index < -0.39 is 6.10 Å². The first-order valence-corrected chi connectivity index (χ1v) is 6.15. The summed E-state index contributed by atoms with van der Waals surface area (Å²) >= 11 is 0. The average molecular weight is 244 g/mol. The Kier molecular flexibility index (Phi) is 8.40. The molecule has 0 rings (SSSR count). The van der Waals surface area contributed by atoms with Gasteiger partial charge in [0.25, 0.3) is 5.91 Å². The Morgan fingerprint density at radius 3 is 2.41 bits per heavy atom. The van der Waals surface area contributed by atoms with E-state index in [4.69, 9.17) is 4.74 Å². The van der Waals surface area contributed by atoms with Crippen molar-refractivity contribution in [1.29, 1.82) is 0 Å². The van der Waals surface area contributed by atoms with Crippen molar-refractivity contribution >= 4 is 11.8 Å². The molecule has 1 unspecified atom stereocenters. The molecule has 5 heteroatoms. The van der Waals surface area contributed by atoms with Crippen LogP contribution in [0.25, 0.3) is 0 Å². The maximum atomic E-state index is 11.9. The maximum Gasteiger partial charge on any atom is 0.251 e. The third-order valence-corrected chi connectivity index (χ3v) is 2.41. The van der Waals surface area contributed by atoms with Crippen LogP contribution < -0.4 is 5.32 Å². The van der Waals surface area contributed by atoms with Gasteiger partial charge < -0.3 is 15.0 Å². The Bertz CT molecular complexity index is 244. The van der Waals surface area contributed by atoms with Crippen molar-refractivity contribution in [3.8, 4) is 0 Å². The molecule has 2 amide bonds. The SMILES string of the molecule is CCCNC(=O)CN(CCC)C(=O)C(C)OC. The Hall–Kier alpha value is -1.10. The van der Waals surface area contributed by atoms with Crippen LogP contribution in [0, 0.1) is 0 Å². The summed E-state index contributed by atoms with van der Waals surface area (Å²) in [5, 5.41) is 2.76. The second-order valence-electron chi connectivity index (χ2n) is 3.99. The van der Waals surface area contributed by atoms with Gasteiger partial charge in [0.15, 0.2) is 0 Å². The fourth-order valence-corrected chi connectivity index (χ4v) is 1.39. The summed E-state index contributed by atoms with van der Waals surface area (Å²) in [5.41, 5.74) is 0. The number of methoxy groups -OCH3 is 1. The lowest BCUT2D eigenvalue weighted by Crippen LogP contribution is -2.45. The van der Waals surface area contributed by atoms with Crippen LogP contribution in [0.2, 0.25) is 0 Å². The number of hydrogen-bond acceptors (Lipinski definition) is 3. The van der Waals surface area contributed by atoms with Gasteiger partial charge in [-0.2, -0.15) is 0 Å². The first-order chi connectivity index (χ1) is 8.06.